The van der Waals surface area contributed by atoms with Crippen LogP contribution in [0.3, 0.4) is 0 Å². The van der Waals surface area contributed by atoms with Gasteiger partial charge in [-0.3, -0.25) is 4.79 Å². The monoisotopic (exact) mass is 723 g/mol. The van der Waals surface area contributed by atoms with Crippen molar-refractivity contribution in [3.8, 4) is 5.75 Å². The molecule has 2 aliphatic heterocycles. The number of ether oxygens (including phenoxy) is 3. The molecule has 5 atom stereocenters. The van der Waals surface area contributed by atoms with Crippen molar-refractivity contribution in [1.82, 2.24) is 9.80 Å². The highest BCUT2D eigenvalue weighted by Crippen LogP contribution is 2.43. The largest absolute Gasteiger partial charge is 0.491 e. The Labute approximate surface area is 309 Å². The normalized spacial score (nSPS) is 22.0. The number of amides is 1. The topological polar surface area (TPSA) is 91.8 Å². The first kappa shape index (κ1) is 39.1. The molecule has 3 aliphatic rings. The molecule has 9 nitrogen and oxygen atoms in total. The maximum atomic E-state index is 12.3. The van der Waals surface area contributed by atoms with Crippen molar-refractivity contribution in [2.24, 2.45) is 11.8 Å². The molecule has 0 spiro atoms. The van der Waals surface area contributed by atoms with Gasteiger partial charge in [0.25, 0.3) is 0 Å². The molecule has 1 amide bonds. The lowest BCUT2D eigenvalue weighted by Crippen LogP contribution is -2.45. The number of aliphatic hydroxyl groups excluding tert-OH is 1. The lowest BCUT2D eigenvalue weighted by molar-refractivity contribution is -0.150. The number of likely N-dealkylation sites (tertiary alicyclic amines) is 1. The maximum absolute atomic E-state index is 12.3. The number of carbonyl (C=O) groups is 2. The molecule has 1 saturated carbocycles. The zero-order valence-electron chi connectivity index (χ0n) is 31.0. The summed E-state index contributed by atoms with van der Waals surface area (Å²) in [4.78, 5) is 30.8. The molecule has 2 aromatic rings. The molecule has 5 rings (SSSR count). The first-order valence-corrected chi connectivity index (χ1v) is 19.3. The minimum Gasteiger partial charge on any atom is -0.491 e. The standard InChI is InChI=1S/C41H58ClN3O6/c1-5-11-30-24-34(42)15-17-35(30)33-27-45(37-25-31(40(47)41(48)49-4)14-18-39(37)51-28-33)26-32-13-16-36(32)38(12-7-10-19-43(3)29(2)46)50-23-22-44-20-8-6-9-21-44/h7,12,14-15,17-18,24-25,32-33,36,38,40,47H,5-6,8-11,13,16,19-23,26-28H2,1-4H3/b12-7+. The Morgan fingerprint density at radius 2 is 1.94 bits per heavy atom. The molecule has 1 N–H and O–H groups in total. The summed E-state index contributed by atoms with van der Waals surface area (Å²) in [6.45, 7) is 10.4. The fourth-order valence-electron chi connectivity index (χ4n) is 7.76. The number of rotatable bonds is 16. The van der Waals surface area contributed by atoms with Crippen LogP contribution in [0.15, 0.2) is 48.6 Å². The predicted octanol–water partition coefficient (Wildman–Crippen LogP) is 6.80. The SMILES string of the molecule is CCCc1cc(Cl)ccc1C1COc2ccc(C(O)C(=O)OC)cc2N(CC2CCC2C(/C=C/CCN(C)C(C)=O)OCCN2CCCCC2)C1. The Kier molecular flexibility index (Phi) is 14.7. The van der Waals surface area contributed by atoms with Crippen LogP contribution in [0.1, 0.15) is 87.5 Å². The number of anilines is 1. The second-order valence-electron chi connectivity index (χ2n) is 14.6. The van der Waals surface area contributed by atoms with Crippen LogP contribution in [-0.2, 0) is 25.5 Å². The number of hydrogen-bond acceptors (Lipinski definition) is 8. The third-order valence-electron chi connectivity index (χ3n) is 11.0. The third kappa shape index (κ3) is 10.5. The summed E-state index contributed by atoms with van der Waals surface area (Å²) in [5.41, 5.74) is 3.85. The van der Waals surface area contributed by atoms with E-state index in [4.69, 9.17) is 25.8 Å². The van der Waals surface area contributed by atoms with E-state index < -0.39 is 12.1 Å². The number of benzene rings is 2. The van der Waals surface area contributed by atoms with Gasteiger partial charge in [-0.05, 0) is 104 Å². The molecule has 1 saturated heterocycles. The van der Waals surface area contributed by atoms with Crippen molar-refractivity contribution in [1.29, 1.82) is 0 Å². The summed E-state index contributed by atoms with van der Waals surface area (Å²) in [5, 5.41) is 11.5. The van der Waals surface area contributed by atoms with Crippen LogP contribution >= 0.6 is 11.6 Å². The van der Waals surface area contributed by atoms with Crippen LogP contribution in [0, 0.1) is 11.8 Å². The van der Waals surface area contributed by atoms with E-state index in [2.05, 4.69) is 41.0 Å². The summed E-state index contributed by atoms with van der Waals surface area (Å²) in [7, 11) is 3.12. The van der Waals surface area contributed by atoms with Gasteiger partial charge in [-0.15, -0.1) is 0 Å². The third-order valence-corrected chi connectivity index (χ3v) is 11.3. The number of aryl methyl sites for hydroxylation is 1. The number of carbonyl (C=O) groups excluding carboxylic acids is 2. The van der Waals surface area contributed by atoms with E-state index in [1.165, 1.54) is 37.5 Å². The fraction of sp³-hybridized carbons (Fsp3) is 0.610. The fourth-order valence-corrected chi connectivity index (χ4v) is 7.96. The van der Waals surface area contributed by atoms with E-state index in [0.29, 0.717) is 37.2 Å². The Balaban J connectivity index is 1.39. The molecule has 2 heterocycles. The number of piperidine rings is 1. The minimum atomic E-state index is -1.38. The first-order valence-electron chi connectivity index (χ1n) is 19.0. The molecule has 0 bridgehead atoms. The Morgan fingerprint density at radius 1 is 1.14 bits per heavy atom. The second-order valence-corrected chi connectivity index (χ2v) is 15.0. The Morgan fingerprint density at radius 3 is 2.65 bits per heavy atom. The molecule has 1 aliphatic carbocycles. The van der Waals surface area contributed by atoms with Crippen molar-refractivity contribution in [2.45, 2.75) is 83.3 Å². The van der Waals surface area contributed by atoms with E-state index in [9.17, 15) is 14.7 Å². The minimum absolute atomic E-state index is 0.0189. The number of nitrogens with zero attached hydrogens (tertiary/aromatic N) is 3. The van der Waals surface area contributed by atoms with Crippen LogP contribution in [0.5, 0.6) is 5.75 Å². The van der Waals surface area contributed by atoms with Crippen LogP contribution in [0.25, 0.3) is 0 Å². The molecule has 2 aromatic carbocycles. The van der Waals surface area contributed by atoms with Gasteiger partial charge in [0, 0.05) is 51.1 Å². The lowest BCUT2D eigenvalue weighted by Gasteiger charge is -2.44. The molecule has 10 heteroatoms. The Bertz CT molecular complexity index is 1480. The molecule has 0 aromatic heterocycles. The number of fused-ring (bicyclic) bond motifs is 1. The highest BCUT2D eigenvalue weighted by molar-refractivity contribution is 6.30. The molecular weight excluding hydrogens is 666 g/mol. The summed E-state index contributed by atoms with van der Waals surface area (Å²) < 4.78 is 18.1. The predicted molar refractivity (Wildman–Crippen MR) is 203 cm³/mol. The second kappa shape index (κ2) is 19.1. The van der Waals surface area contributed by atoms with Crippen molar-refractivity contribution in [2.75, 3.05) is 71.5 Å². The van der Waals surface area contributed by atoms with Crippen LogP contribution in [-0.4, -0.2) is 99.5 Å². The number of halogens is 1. The van der Waals surface area contributed by atoms with E-state index in [1.807, 2.05) is 25.2 Å². The summed E-state index contributed by atoms with van der Waals surface area (Å²) in [6.07, 6.45) is 11.7. The maximum Gasteiger partial charge on any atom is 0.339 e. The summed E-state index contributed by atoms with van der Waals surface area (Å²) in [5.74, 6) is 0.927. The smallest absolute Gasteiger partial charge is 0.339 e. The van der Waals surface area contributed by atoms with Crippen molar-refractivity contribution in [3.63, 3.8) is 0 Å². The lowest BCUT2D eigenvalue weighted by atomic mass is 9.70. The van der Waals surface area contributed by atoms with Gasteiger partial charge in [0.15, 0.2) is 6.10 Å². The van der Waals surface area contributed by atoms with Gasteiger partial charge in [-0.2, -0.15) is 0 Å². The molecular formula is C41H58ClN3O6. The van der Waals surface area contributed by atoms with Gasteiger partial charge in [0.1, 0.15) is 5.75 Å². The van der Waals surface area contributed by atoms with Gasteiger partial charge in [0.05, 0.1) is 32.1 Å². The number of hydrogen-bond donors (Lipinski definition) is 1. The van der Waals surface area contributed by atoms with E-state index in [1.54, 1.807) is 17.9 Å². The zero-order valence-corrected chi connectivity index (χ0v) is 31.8. The van der Waals surface area contributed by atoms with E-state index in [0.717, 1.165) is 81.3 Å². The molecule has 51 heavy (non-hydrogen) atoms. The number of methoxy groups -OCH3 is 1. The average Bonchev–Trinajstić information content (AvgIpc) is 3.30. The molecule has 0 radical (unpaired) electrons. The van der Waals surface area contributed by atoms with Gasteiger partial charge >= 0.3 is 5.97 Å². The highest BCUT2D eigenvalue weighted by atomic mass is 35.5. The molecule has 5 unspecified atom stereocenters. The highest BCUT2D eigenvalue weighted by Gasteiger charge is 2.39. The van der Waals surface area contributed by atoms with E-state index >= 15 is 0 Å². The van der Waals surface area contributed by atoms with Crippen molar-refractivity contribution in [3.05, 3.63) is 70.3 Å². The summed E-state index contributed by atoms with van der Waals surface area (Å²) >= 11 is 6.47. The number of aliphatic hydroxyl groups is 1. The van der Waals surface area contributed by atoms with Gasteiger partial charge < -0.3 is 34.0 Å². The van der Waals surface area contributed by atoms with Crippen molar-refractivity contribution >= 4 is 29.2 Å². The molecule has 280 valence electrons. The summed E-state index contributed by atoms with van der Waals surface area (Å²) in [6, 6.07) is 11.7. The van der Waals surface area contributed by atoms with Crippen molar-refractivity contribution < 1.29 is 28.9 Å². The van der Waals surface area contributed by atoms with Gasteiger partial charge in [-0.1, -0.05) is 55.7 Å². The van der Waals surface area contributed by atoms with Gasteiger partial charge in [-0.25, -0.2) is 4.79 Å². The number of esters is 1. The molecule has 2 fully saturated rings. The van der Waals surface area contributed by atoms with E-state index in [-0.39, 0.29) is 17.9 Å². The van der Waals surface area contributed by atoms with Crippen LogP contribution < -0.4 is 9.64 Å². The quantitative estimate of drug-likeness (QED) is 0.149. The zero-order chi connectivity index (χ0) is 36.3. The van der Waals surface area contributed by atoms with Gasteiger partial charge in [0.2, 0.25) is 5.91 Å². The van der Waals surface area contributed by atoms with Crippen LogP contribution in [0.4, 0.5) is 5.69 Å². The Hall–Kier alpha value is -3.11. The van der Waals surface area contributed by atoms with Crippen LogP contribution in [0.2, 0.25) is 5.02 Å². The average molecular weight is 724 g/mol. The first-order chi connectivity index (χ1) is 24.7.